The van der Waals surface area contributed by atoms with E-state index in [1.54, 1.807) is 23.9 Å². The summed E-state index contributed by atoms with van der Waals surface area (Å²) < 4.78 is 53.0. The first-order chi connectivity index (χ1) is 12.7. The van der Waals surface area contributed by atoms with Crippen molar-refractivity contribution in [3.05, 3.63) is 53.1 Å². The normalized spacial score (nSPS) is 19.1. The molecule has 2 heterocycles. The molecule has 3 rings (SSSR count). The van der Waals surface area contributed by atoms with Crippen molar-refractivity contribution in [2.45, 2.75) is 24.8 Å². The van der Waals surface area contributed by atoms with Crippen molar-refractivity contribution < 1.29 is 18.0 Å². The predicted molar refractivity (Wildman–Crippen MR) is 98.8 cm³/mol. The van der Waals surface area contributed by atoms with E-state index in [-0.39, 0.29) is 23.3 Å². The molecule has 1 amide bonds. The van der Waals surface area contributed by atoms with Crippen LogP contribution in [0.4, 0.5) is 18.9 Å². The maximum absolute atomic E-state index is 13.4. The molecule has 1 aromatic carbocycles. The summed E-state index contributed by atoms with van der Waals surface area (Å²) in [6.45, 7) is 4.06. The number of hydrogen-bond acceptors (Lipinski definition) is 2. The van der Waals surface area contributed by atoms with Crippen molar-refractivity contribution in [1.82, 2.24) is 9.29 Å². The first kappa shape index (κ1) is 19.4. The lowest BCUT2D eigenvalue weighted by molar-refractivity contribution is 0.101. The van der Waals surface area contributed by atoms with Crippen LogP contribution in [0, 0.1) is 28.1 Å². The zero-order valence-electron chi connectivity index (χ0n) is 14.9. The molecule has 0 spiro atoms. The highest BCUT2D eigenvalue weighted by Gasteiger charge is 2.25. The van der Waals surface area contributed by atoms with E-state index in [4.69, 9.17) is 4.78 Å². The van der Waals surface area contributed by atoms with Gasteiger partial charge < -0.3 is 9.88 Å². The van der Waals surface area contributed by atoms with Gasteiger partial charge >= 0.3 is 0 Å². The minimum Gasteiger partial charge on any atom is -0.345 e. The molecule has 1 aliphatic heterocycles. The second-order valence-corrected chi connectivity index (χ2v) is 7.92. The standard InChI is InChI=1S/C18H19F3N4OS/c1-9(2)14-5-4-11-15(27(22)24-14)8-25(3)17(11)18(26)23-10-6-12(19)16(21)13(20)7-10/h4-9,14H,1-3H3,(H2,22,24)(H,23,26). The number of benzene rings is 1. The Morgan fingerprint density at radius 1 is 1.30 bits per heavy atom. The van der Waals surface area contributed by atoms with E-state index < -0.39 is 34.2 Å². The van der Waals surface area contributed by atoms with Crippen LogP contribution in [-0.2, 0) is 17.9 Å². The van der Waals surface area contributed by atoms with E-state index >= 15 is 0 Å². The Labute approximate surface area is 157 Å². The smallest absolute Gasteiger partial charge is 0.272 e. The minimum atomic E-state index is -1.59. The molecule has 144 valence electrons. The zero-order valence-corrected chi connectivity index (χ0v) is 15.8. The number of halogens is 3. The largest absolute Gasteiger partial charge is 0.345 e. The summed E-state index contributed by atoms with van der Waals surface area (Å²) >= 11 is 0. The molecule has 0 radical (unpaired) electrons. The molecular formula is C18H19F3N4OS. The van der Waals surface area contributed by atoms with Crippen LogP contribution in [0.2, 0.25) is 0 Å². The molecule has 2 aromatic rings. The zero-order chi connectivity index (χ0) is 19.9. The third kappa shape index (κ3) is 3.70. The molecule has 2 atom stereocenters. The van der Waals surface area contributed by atoms with Crippen molar-refractivity contribution in [3.63, 3.8) is 0 Å². The van der Waals surface area contributed by atoms with Gasteiger partial charge in [0.15, 0.2) is 17.5 Å². The SMILES string of the molecule is CC(C)C1C=Cc2c(cn(C)c2C(=O)Nc2cc(F)c(F)c(F)c2)S(=N)N1. The lowest BCUT2D eigenvalue weighted by Crippen LogP contribution is -2.32. The maximum Gasteiger partial charge on any atom is 0.272 e. The van der Waals surface area contributed by atoms with Gasteiger partial charge in [-0.15, -0.1) is 0 Å². The summed E-state index contributed by atoms with van der Waals surface area (Å²) in [7, 11) is 0.624. The first-order valence-corrected chi connectivity index (χ1v) is 9.46. The van der Waals surface area contributed by atoms with Crippen LogP contribution in [-0.4, -0.2) is 16.5 Å². The molecule has 3 N–H and O–H groups in total. The topological polar surface area (TPSA) is 69.9 Å². The molecule has 2 unspecified atom stereocenters. The van der Waals surface area contributed by atoms with Crippen molar-refractivity contribution in [3.8, 4) is 0 Å². The summed E-state index contributed by atoms with van der Waals surface area (Å²) in [5, 5.41) is 2.39. The van der Waals surface area contributed by atoms with Crippen LogP contribution in [0.3, 0.4) is 0 Å². The van der Waals surface area contributed by atoms with Crippen molar-refractivity contribution >= 4 is 28.5 Å². The third-order valence-corrected chi connectivity index (χ3v) is 5.58. The Morgan fingerprint density at radius 2 is 1.93 bits per heavy atom. The quantitative estimate of drug-likeness (QED) is 0.687. The Kier molecular flexibility index (Phi) is 5.25. The van der Waals surface area contributed by atoms with Crippen molar-refractivity contribution in [2.24, 2.45) is 13.0 Å². The van der Waals surface area contributed by atoms with Crippen LogP contribution >= 0.6 is 0 Å². The van der Waals surface area contributed by atoms with Gasteiger partial charge in [0, 0.05) is 42.7 Å². The fourth-order valence-corrected chi connectivity index (χ4v) is 4.24. The highest BCUT2D eigenvalue weighted by molar-refractivity contribution is 7.84. The summed E-state index contributed by atoms with van der Waals surface area (Å²) in [6.07, 6.45) is 5.38. The Balaban J connectivity index is 1.98. The summed E-state index contributed by atoms with van der Waals surface area (Å²) in [6, 6.07) is 1.43. The molecular weight excluding hydrogens is 377 g/mol. The summed E-state index contributed by atoms with van der Waals surface area (Å²) in [5.74, 6) is -4.69. The molecule has 0 aliphatic carbocycles. The third-order valence-electron chi connectivity index (χ3n) is 4.30. The average Bonchev–Trinajstić information content (AvgIpc) is 2.83. The molecule has 0 bridgehead atoms. The van der Waals surface area contributed by atoms with E-state index in [9.17, 15) is 18.0 Å². The van der Waals surface area contributed by atoms with Gasteiger partial charge in [0.25, 0.3) is 5.91 Å². The van der Waals surface area contributed by atoms with Crippen LogP contribution in [0.25, 0.3) is 6.08 Å². The van der Waals surface area contributed by atoms with Gasteiger partial charge in [-0.3, -0.25) is 9.57 Å². The predicted octanol–water partition coefficient (Wildman–Crippen LogP) is 3.99. The van der Waals surface area contributed by atoms with Crippen LogP contribution in [0.1, 0.15) is 29.9 Å². The van der Waals surface area contributed by atoms with Gasteiger partial charge in [-0.2, -0.15) is 0 Å². The molecule has 5 nitrogen and oxygen atoms in total. The van der Waals surface area contributed by atoms with Gasteiger partial charge in [-0.05, 0) is 16.8 Å². The fourth-order valence-electron chi connectivity index (χ4n) is 2.84. The van der Waals surface area contributed by atoms with E-state index in [0.717, 1.165) is 12.1 Å². The summed E-state index contributed by atoms with van der Waals surface area (Å²) in [5.41, 5.74) is 0.640. The minimum absolute atomic E-state index is 0.0141. The van der Waals surface area contributed by atoms with Gasteiger partial charge in [0.2, 0.25) is 0 Å². The van der Waals surface area contributed by atoms with Gasteiger partial charge in [-0.25, -0.2) is 17.9 Å². The van der Waals surface area contributed by atoms with Crippen molar-refractivity contribution in [2.75, 3.05) is 5.32 Å². The molecule has 1 aliphatic rings. The number of carbonyl (C=O) groups excluding carboxylic acids is 1. The van der Waals surface area contributed by atoms with Crippen LogP contribution in [0.5, 0.6) is 0 Å². The Hall–Kier alpha value is -2.39. The number of amides is 1. The maximum atomic E-state index is 13.4. The number of hydrogen-bond donors (Lipinski definition) is 3. The first-order valence-electron chi connectivity index (χ1n) is 8.24. The number of nitrogens with zero attached hydrogens (tertiary/aromatic N) is 1. The average molecular weight is 396 g/mol. The Morgan fingerprint density at radius 3 is 2.52 bits per heavy atom. The summed E-state index contributed by atoms with van der Waals surface area (Å²) in [4.78, 5) is 13.4. The number of aromatic nitrogens is 1. The number of carbonyl (C=O) groups is 1. The second-order valence-electron chi connectivity index (χ2n) is 6.63. The molecule has 9 heteroatoms. The lowest BCUT2D eigenvalue weighted by Gasteiger charge is -2.17. The highest BCUT2D eigenvalue weighted by atomic mass is 32.2. The van der Waals surface area contributed by atoms with Crippen LogP contribution in [0.15, 0.2) is 29.3 Å². The number of fused-ring (bicyclic) bond motifs is 1. The monoisotopic (exact) mass is 396 g/mol. The number of anilines is 1. The van der Waals surface area contributed by atoms with Gasteiger partial charge in [0.1, 0.15) is 5.69 Å². The van der Waals surface area contributed by atoms with E-state index in [1.165, 1.54) is 0 Å². The van der Waals surface area contributed by atoms with E-state index in [0.29, 0.717) is 10.5 Å². The van der Waals surface area contributed by atoms with Crippen LogP contribution < -0.4 is 10.0 Å². The molecule has 27 heavy (non-hydrogen) atoms. The second kappa shape index (κ2) is 7.32. The van der Waals surface area contributed by atoms with Gasteiger partial charge in [-0.1, -0.05) is 26.0 Å². The lowest BCUT2D eigenvalue weighted by atomic mass is 10.0. The molecule has 0 fully saturated rings. The number of aryl methyl sites for hydroxylation is 1. The Bertz CT molecular complexity index is 945. The number of nitrogens with one attached hydrogen (secondary N) is 3. The van der Waals surface area contributed by atoms with E-state index in [1.807, 2.05) is 19.9 Å². The fraction of sp³-hybridized carbons (Fsp3) is 0.278. The molecule has 0 saturated carbocycles. The highest BCUT2D eigenvalue weighted by Crippen LogP contribution is 2.27. The number of rotatable bonds is 3. The van der Waals surface area contributed by atoms with Gasteiger partial charge in [0.05, 0.1) is 4.90 Å². The van der Waals surface area contributed by atoms with Crippen molar-refractivity contribution in [1.29, 1.82) is 4.78 Å². The van der Waals surface area contributed by atoms with E-state index in [2.05, 4.69) is 10.0 Å². The molecule has 1 aromatic heterocycles. The molecule has 0 saturated heterocycles.